The number of hydrogen-bond donors (Lipinski definition) is 0. The van der Waals surface area contributed by atoms with E-state index in [2.05, 4.69) is 55.4 Å². The Balaban J connectivity index is 2.17. The van der Waals surface area contributed by atoms with E-state index in [4.69, 9.17) is 9.47 Å². The highest BCUT2D eigenvalue weighted by atomic mass is 16.7. The molecular formula is C20H38O2. The fourth-order valence-electron chi connectivity index (χ4n) is 4.85. The lowest BCUT2D eigenvalue weighted by atomic mass is 9.55. The smallest absolute Gasteiger partial charge is 0.160 e. The third-order valence-corrected chi connectivity index (χ3v) is 6.08. The first-order valence-electron chi connectivity index (χ1n) is 9.23. The predicted octanol–water partition coefficient (Wildman–Crippen LogP) is 5.37. The Morgan fingerprint density at radius 3 is 1.50 bits per heavy atom. The summed E-state index contributed by atoms with van der Waals surface area (Å²) >= 11 is 0. The average molecular weight is 311 g/mol. The van der Waals surface area contributed by atoms with Crippen molar-refractivity contribution in [3.8, 4) is 0 Å². The Morgan fingerprint density at radius 1 is 0.727 bits per heavy atom. The minimum absolute atomic E-state index is 0.0263. The topological polar surface area (TPSA) is 18.5 Å². The van der Waals surface area contributed by atoms with Crippen molar-refractivity contribution in [2.24, 2.45) is 40.4 Å². The van der Waals surface area contributed by atoms with E-state index in [-0.39, 0.29) is 6.29 Å². The number of hydrogen-bond acceptors (Lipinski definition) is 2. The summed E-state index contributed by atoms with van der Waals surface area (Å²) in [6.45, 7) is 20.8. The van der Waals surface area contributed by atoms with Crippen molar-refractivity contribution < 1.29 is 9.47 Å². The summed E-state index contributed by atoms with van der Waals surface area (Å²) < 4.78 is 12.1. The molecule has 1 aliphatic carbocycles. The second-order valence-electron chi connectivity index (χ2n) is 10.2. The standard InChI is InChI=1S/C20H38O2/c1-13-11-21-18(22-12-13)15-9-16(19(3,4)5)14(2)17(10-15)20(6,7)8/h13-18H,9-12H2,1-8H3. The molecule has 130 valence electrons. The van der Waals surface area contributed by atoms with Gasteiger partial charge < -0.3 is 9.47 Å². The second-order valence-corrected chi connectivity index (χ2v) is 10.2. The van der Waals surface area contributed by atoms with Crippen LogP contribution in [0.3, 0.4) is 0 Å². The van der Waals surface area contributed by atoms with Crippen LogP contribution in [0, 0.1) is 40.4 Å². The Bertz CT molecular complexity index is 331. The van der Waals surface area contributed by atoms with Gasteiger partial charge in [-0.25, -0.2) is 0 Å². The van der Waals surface area contributed by atoms with Gasteiger partial charge in [0, 0.05) is 11.8 Å². The molecule has 22 heavy (non-hydrogen) atoms. The molecule has 2 heteroatoms. The van der Waals surface area contributed by atoms with Crippen molar-refractivity contribution in [1.29, 1.82) is 0 Å². The van der Waals surface area contributed by atoms with Gasteiger partial charge in [0.2, 0.25) is 0 Å². The minimum atomic E-state index is 0.0263. The average Bonchev–Trinajstić information content (AvgIpc) is 2.37. The molecule has 0 spiro atoms. The zero-order chi connectivity index (χ0) is 16.7. The van der Waals surface area contributed by atoms with Crippen LogP contribution in [0.25, 0.3) is 0 Å². The van der Waals surface area contributed by atoms with Crippen LogP contribution in [-0.4, -0.2) is 19.5 Å². The third kappa shape index (κ3) is 4.06. The van der Waals surface area contributed by atoms with Gasteiger partial charge in [0.05, 0.1) is 13.2 Å². The SMILES string of the molecule is CC1COC(C2CC(C(C)(C)C)C(C)C(C(C)(C)C)C2)OC1. The zero-order valence-electron chi connectivity index (χ0n) is 16.1. The highest BCUT2D eigenvalue weighted by molar-refractivity contribution is 4.94. The number of rotatable bonds is 1. The lowest BCUT2D eigenvalue weighted by molar-refractivity contribution is -0.237. The molecule has 0 bridgehead atoms. The first-order valence-corrected chi connectivity index (χ1v) is 9.23. The summed E-state index contributed by atoms with van der Waals surface area (Å²) in [5, 5.41) is 0. The van der Waals surface area contributed by atoms with Gasteiger partial charge in [-0.05, 0) is 41.4 Å². The van der Waals surface area contributed by atoms with Crippen molar-refractivity contribution in [1.82, 2.24) is 0 Å². The van der Waals surface area contributed by atoms with Crippen molar-refractivity contribution in [3.05, 3.63) is 0 Å². The van der Waals surface area contributed by atoms with Crippen molar-refractivity contribution in [2.45, 2.75) is 74.5 Å². The van der Waals surface area contributed by atoms with Crippen LogP contribution < -0.4 is 0 Å². The summed E-state index contributed by atoms with van der Waals surface area (Å²) in [7, 11) is 0. The summed E-state index contributed by atoms with van der Waals surface area (Å²) in [5.41, 5.74) is 0.701. The summed E-state index contributed by atoms with van der Waals surface area (Å²) in [6, 6.07) is 0. The molecule has 1 aliphatic heterocycles. The molecule has 1 saturated heterocycles. The molecule has 2 atom stereocenters. The molecule has 2 nitrogen and oxygen atoms in total. The van der Waals surface area contributed by atoms with Gasteiger partial charge in [-0.3, -0.25) is 0 Å². The normalized spacial score (nSPS) is 41.5. The van der Waals surface area contributed by atoms with Crippen LogP contribution in [-0.2, 0) is 9.47 Å². The maximum atomic E-state index is 6.06. The number of ether oxygens (including phenoxy) is 2. The van der Waals surface area contributed by atoms with Crippen LogP contribution in [0.15, 0.2) is 0 Å². The Kier molecular flexibility index (Phi) is 5.34. The van der Waals surface area contributed by atoms with Gasteiger partial charge in [-0.1, -0.05) is 55.4 Å². The molecule has 2 aliphatic rings. The van der Waals surface area contributed by atoms with Crippen LogP contribution in [0.1, 0.15) is 68.2 Å². The van der Waals surface area contributed by atoms with E-state index >= 15 is 0 Å². The van der Waals surface area contributed by atoms with Crippen LogP contribution in [0.5, 0.6) is 0 Å². The van der Waals surface area contributed by atoms with E-state index in [9.17, 15) is 0 Å². The largest absolute Gasteiger partial charge is 0.352 e. The molecule has 2 rings (SSSR count). The quantitative estimate of drug-likeness (QED) is 0.648. The maximum absolute atomic E-state index is 6.06. The second kappa shape index (κ2) is 6.43. The molecule has 0 N–H and O–H groups in total. The lowest BCUT2D eigenvalue weighted by Gasteiger charge is -2.52. The van der Waals surface area contributed by atoms with Crippen molar-refractivity contribution >= 4 is 0 Å². The molecule has 1 saturated carbocycles. The molecule has 0 amide bonds. The van der Waals surface area contributed by atoms with E-state index < -0.39 is 0 Å². The van der Waals surface area contributed by atoms with E-state index in [1.165, 1.54) is 12.8 Å². The van der Waals surface area contributed by atoms with Crippen LogP contribution in [0.2, 0.25) is 0 Å². The van der Waals surface area contributed by atoms with Gasteiger partial charge >= 0.3 is 0 Å². The zero-order valence-corrected chi connectivity index (χ0v) is 16.1. The Hall–Kier alpha value is -0.0800. The molecule has 1 heterocycles. The summed E-state index contributed by atoms with van der Waals surface area (Å²) in [6.07, 6.45) is 2.52. The van der Waals surface area contributed by atoms with E-state index in [1.54, 1.807) is 0 Å². The van der Waals surface area contributed by atoms with Gasteiger partial charge in [0.1, 0.15) is 0 Å². The van der Waals surface area contributed by atoms with Crippen LogP contribution in [0.4, 0.5) is 0 Å². The van der Waals surface area contributed by atoms with Gasteiger partial charge in [-0.2, -0.15) is 0 Å². The fourth-order valence-corrected chi connectivity index (χ4v) is 4.85. The van der Waals surface area contributed by atoms with E-state index in [0.717, 1.165) is 31.0 Å². The van der Waals surface area contributed by atoms with Crippen LogP contribution >= 0.6 is 0 Å². The highest BCUT2D eigenvalue weighted by Gasteiger charge is 2.47. The summed E-state index contributed by atoms with van der Waals surface area (Å²) in [5.74, 6) is 3.33. The van der Waals surface area contributed by atoms with Gasteiger partial charge in [0.15, 0.2) is 6.29 Å². The lowest BCUT2D eigenvalue weighted by Crippen LogP contribution is -2.47. The first-order chi connectivity index (χ1) is 10.00. The molecule has 2 fully saturated rings. The molecule has 0 radical (unpaired) electrons. The Morgan fingerprint density at radius 2 is 1.14 bits per heavy atom. The third-order valence-electron chi connectivity index (χ3n) is 6.08. The maximum Gasteiger partial charge on any atom is 0.160 e. The van der Waals surface area contributed by atoms with E-state index in [0.29, 0.717) is 22.7 Å². The van der Waals surface area contributed by atoms with Crippen molar-refractivity contribution in [3.63, 3.8) is 0 Å². The molecule has 0 aromatic rings. The van der Waals surface area contributed by atoms with Gasteiger partial charge in [0.25, 0.3) is 0 Å². The first kappa shape index (κ1) is 18.3. The monoisotopic (exact) mass is 310 g/mol. The molecule has 0 aromatic carbocycles. The molecule has 2 unspecified atom stereocenters. The van der Waals surface area contributed by atoms with Gasteiger partial charge in [-0.15, -0.1) is 0 Å². The molecular weight excluding hydrogens is 272 g/mol. The fraction of sp³-hybridized carbons (Fsp3) is 1.00. The summed E-state index contributed by atoms with van der Waals surface area (Å²) in [4.78, 5) is 0. The Labute approximate surface area is 138 Å². The molecule has 0 aromatic heterocycles. The highest BCUT2D eigenvalue weighted by Crippen LogP contribution is 2.52. The van der Waals surface area contributed by atoms with Crippen molar-refractivity contribution in [2.75, 3.05) is 13.2 Å². The minimum Gasteiger partial charge on any atom is -0.352 e. The predicted molar refractivity (Wildman–Crippen MR) is 92.6 cm³/mol. The van der Waals surface area contributed by atoms with E-state index in [1.807, 2.05) is 0 Å².